The monoisotopic (exact) mass is 345 g/mol. The Morgan fingerprint density at radius 3 is 2.45 bits per heavy atom. The van der Waals surface area contributed by atoms with Gasteiger partial charge in [0.15, 0.2) is 6.29 Å². The van der Waals surface area contributed by atoms with Gasteiger partial charge in [0.2, 0.25) is 0 Å². The fourth-order valence-corrected chi connectivity index (χ4v) is 2.56. The maximum Gasteiger partial charge on any atom is 0.158 e. The molecule has 0 bridgehead atoms. The van der Waals surface area contributed by atoms with Gasteiger partial charge in [0.1, 0.15) is 0 Å². The van der Waals surface area contributed by atoms with Crippen LogP contribution in [-0.2, 0) is 20.8 Å². The minimum atomic E-state index is -0.131. The van der Waals surface area contributed by atoms with Crippen LogP contribution in [0.4, 0.5) is 0 Å². The fraction of sp³-hybridized carbons (Fsp3) is 0.562. The van der Waals surface area contributed by atoms with Crippen LogP contribution < -0.4 is 0 Å². The van der Waals surface area contributed by atoms with Gasteiger partial charge in [-0.1, -0.05) is 23.2 Å². The van der Waals surface area contributed by atoms with Gasteiger partial charge >= 0.3 is 0 Å². The van der Waals surface area contributed by atoms with Crippen LogP contribution in [-0.4, -0.2) is 24.5 Å². The van der Waals surface area contributed by atoms with Crippen LogP contribution in [0.5, 0.6) is 0 Å². The molecule has 0 aliphatic carbocycles. The molecule has 2 aliphatic heterocycles. The molecular weight excluding hydrogens is 325 g/mol. The highest BCUT2D eigenvalue weighted by Gasteiger charge is 2.15. The van der Waals surface area contributed by atoms with E-state index in [0.717, 1.165) is 38.0 Å². The van der Waals surface area contributed by atoms with E-state index >= 15 is 0 Å². The van der Waals surface area contributed by atoms with Crippen molar-refractivity contribution in [3.8, 4) is 0 Å². The molecule has 0 saturated carbocycles. The Kier molecular flexibility index (Phi) is 8.02. The minimum Gasteiger partial charge on any atom is -0.502 e. The van der Waals surface area contributed by atoms with Crippen molar-refractivity contribution < 1.29 is 14.2 Å². The van der Waals surface area contributed by atoms with Crippen LogP contribution >= 0.6 is 23.2 Å². The number of pyridine rings is 1. The van der Waals surface area contributed by atoms with Gasteiger partial charge in [-0.2, -0.15) is 0 Å². The van der Waals surface area contributed by atoms with Crippen molar-refractivity contribution in [3.63, 3.8) is 0 Å². The Morgan fingerprint density at radius 1 is 1.14 bits per heavy atom. The summed E-state index contributed by atoms with van der Waals surface area (Å²) >= 11 is 12.0. The Bertz CT molecular complexity index is 448. The first-order valence-corrected chi connectivity index (χ1v) is 8.30. The summed E-state index contributed by atoms with van der Waals surface area (Å²) < 4.78 is 16.0. The second kappa shape index (κ2) is 10.1. The van der Waals surface area contributed by atoms with Crippen LogP contribution in [0, 0.1) is 0 Å². The largest absolute Gasteiger partial charge is 0.502 e. The van der Waals surface area contributed by atoms with Gasteiger partial charge in [-0.15, -0.1) is 0 Å². The SMILES string of the molecule is C1=COCCC1.Clc1cncc(Cl)c1COC1CCCCO1. The van der Waals surface area contributed by atoms with Crippen LogP contribution in [0.25, 0.3) is 0 Å². The average molecular weight is 346 g/mol. The lowest BCUT2D eigenvalue weighted by Crippen LogP contribution is -2.22. The Hall–Kier alpha value is -0.810. The molecule has 1 aromatic heterocycles. The first-order valence-electron chi connectivity index (χ1n) is 7.55. The Morgan fingerprint density at radius 2 is 1.95 bits per heavy atom. The lowest BCUT2D eigenvalue weighted by molar-refractivity contribution is -0.168. The summed E-state index contributed by atoms with van der Waals surface area (Å²) in [6, 6.07) is 0. The highest BCUT2D eigenvalue weighted by Crippen LogP contribution is 2.25. The van der Waals surface area contributed by atoms with Gasteiger partial charge in [0.05, 0.1) is 29.5 Å². The van der Waals surface area contributed by atoms with Gasteiger partial charge in [-0.25, -0.2) is 0 Å². The van der Waals surface area contributed by atoms with Crippen molar-refractivity contribution in [1.82, 2.24) is 4.98 Å². The molecular formula is C16H21Cl2NO3. The molecule has 0 amide bonds. The maximum absolute atomic E-state index is 5.98. The molecule has 122 valence electrons. The second-order valence-corrected chi connectivity index (χ2v) is 5.89. The highest BCUT2D eigenvalue weighted by atomic mass is 35.5. The first-order chi connectivity index (χ1) is 10.8. The molecule has 1 atom stereocenters. The van der Waals surface area contributed by atoms with E-state index in [-0.39, 0.29) is 6.29 Å². The predicted molar refractivity (Wildman–Crippen MR) is 87.0 cm³/mol. The molecule has 22 heavy (non-hydrogen) atoms. The van der Waals surface area contributed by atoms with Crippen LogP contribution in [0.15, 0.2) is 24.7 Å². The van der Waals surface area contributed by atoms with E-state index in [1.54, 1.807) is 18.7 Å². The molecule has 3 heterocycles. The van der Waals surface area contributed by atoms with Crippen LogP contribution in [0.3, 0.4) is 0 Å². The summed E-state index contributed by atoms with van der Waals surface area (Å²) in [5.41, 5.74) is 0.771. The lowest BCUT2D eigenvalue weighted by Gasteiger charge is -2.23. The third-order valence-corrected chi connectivity index (χ3v) is 3.98. The van der Waals surface area contributed by atoms with Gasteiger partial charge < -0.3 is 14.2 Å². The van der Waals surface area contributed by atoms with E-state index in [9.17, 15) is 0 Å². The number of allylic oxidation sites excluding steroid dienone is 1. The zero-order valence-corrected chi connectivity index (χ0v) is 14.0. The summed E-state index contributed by atoms with van der Waals surface area (Å²) in [6.45, 7) is 2.05. The van der Waals surface area contributed by atoms with Crippen LogP contribution in [0.2, 0.25) is 10.0 Å². The molecule has 1 aromatic rings. The molecule has 4 nitrogen and oxygen atoms in total. The maximum atomic E-state index is 5.98. The smallest absolute Gasteiger partial charge is 0.158 e. The normalized spacial score (nSPS) is 20.7. The van der Waals surface area contributed by atoms with E-state index in [1.807, 2.05) is 6.08 Å². The fourth-order valence-electron chi connectivity index (χ4n) is 2.08. The minimum absolute atomic E-state index is 0.131. The standard InChI is InChI=1S/C11H13Cl2NO2.C5H8O/c12-9-5-14-6-10(13)8(9)7-16-11-3-1-2-4-15-11;1-2-4-6-5-3-1/h5-6,11H,1-4,7H2;2,4H,1,3,5H2. The molecule has 0 radical (unpaired) electrons. The molecule has 1 unspecified atom stereocenters. The van der Waals surface area contributed by atoms with Gasteiger partial charge in [-0.3, -0.25) is 4.98 Å². The predicted octanol–water partition coefficient (Wildman–Crippen LogP) is 4.74. The number of rotatable bonds is 3. The highest BCUT2D eigenvalue weighted by molar-refractivity contribution is 6.35. The summed E-state index contributed by atoms with van der Waals surface area (Å²) in [5, 5.41) is 1.06. The quantitative estimate of drug-likeness (QED) is 0.792. The summed E-state index contributed by atoms with van der Waals surface area (Å²) in [6.07, 6.45) is 12.4. The van der Waals surface area contributed by atoms with Crippen LogP contribution in [0.1, 0.15) is 37.7 Å². The topological polar surface area (TPSA) is 40.6 Å². The van der Waals surface area contributed by atoms with Crippen molar-refractivity contribution in [2.45, 2.75) is 45.0 Å². The van der Waals surface area contributed by atoms with E-state index in [1.165, 1.54) is 12.8 Å². The molecule has 1 fully saturated rings. The number of ether oxygens (including phenoxy) is 3. The second-order valence-electron chi connectivity index (χ2n) is 5.07. The zero-order chi connectivity index (χ0) is 15.6. The lowest BCUT2D eigenvalue weighted by atomic mass is 10.2. The molecule has 6 heteroatoms. The van der Waals surface area contributed by atoms with Gasteiger partial charge in [0, 0.05) is 24.6 Å². The van der Waals surface area contributed by atoms with Crippen molar-refractivity contribution in [3.05, 3.63) is 40.3 Å². The Labute approximate surface area is 141 Å². The number of nitrogens with zero attached hydrogens (tertiary/aromatic N) is 1. The van der Waals surface area contributed by atoms with Gasteiger partial charge in [-0.05, 0) is 38.2 Å². The molecule has 0 N–H and O–H groups in total. The van der Waals surface area contributed by atoms with E-state index < -0.39 is 0 Å². The average Bonchev–Trinajstić information content (AvgIpc) is 2.58. The first kappa shape index (κ1) is 17.5. The summed E-state index contributed by atoms with van der Waals surface area (Å²) in [5.74, 6) is 0. The summed E-state index contributed by atoms with van der Waals surface area (Å²) in [7, 11) is 0. The molecule has 3 rings (SSSR count). The molecule has 0 spiro atoms. The number of hydrogen-bond acceptors (Lipinski definition) is 4. The van der Waals surface area contributed by atoms with Crippen molar-refractivity contribution in [2.24, 2.45) is 0 Å². The molecule has 1 saturated heterocycles. The number of hydrogen-bond donors (Lipinski definition) is 0. The molecule has 0 aromatic carbocycles. The van der Waals surface area contributed by atoms with Gasteiger partial charge in [0.25, 0.3) is 0 Å². The van der Waals surface area contributed by atoms with E-state index in [2.05, 4.69) is 4.98 Å². The summed E-state index contributed by atoms with van der Waals surface area (Å²) in [4.78, 5) is 3.89. The van der Waals surface area contributed by atoms with E-state index in [0.29, 0.717) is 16.7 Å². The third kappa shape index (κ3) is 6.13. The zero-order valence-electron chi connectivity index (χ0n) is 12.5. The van der Waals surface area contributed by atoms with Crippen molar-refractivity contribution >= 4 is 23.2 Å². The Balaban J connectivity index is 0.000000246. The number of halogens is 2. The molecule has 2 aliphatic rings. The van der Waals surface area contributed by atoms with Crippen molar-refractivity contribution in [2.75, 3.05) is 13.2 Å². The van der Waals surface area contributed by atoms with E-state index in [4.69, 9.17) is 37.4 Å². The third-order valence-electron chi connectivity index (χ3n) is 3.33. The van der Waals surface area contributed by atoms with Crippen molar-refractivity contribution in [1.29, 1.82) is 0 Å². The number of aromatic nitrogens is 1.